The van der Waals surface area contributed by atoms with Crippen LogP contribution in [0, 0.1) is 6.92 Å². The Morgan fingerprint density at radius 1 is 1.47 bits per heavy atom. The Morgan fingerprint density at radius 3 is 3.00 bits per heavy atom. The molecule has 0 aliphatic heterocycles. The van der Waals surface area contributed by atoms with Crippen LogP contribution in [-0.4, -0.2) is 27.3 Å². The summed E-state index contributed by atoms with van der Waals surface area (Å²) in [6.45, 7) is 1.85. The fourth-order valence-corrected chi connectivity index (χ4v) is 1.58. The predicted molar refractivity (Wildman–Crippen MR) is 63.0 cm³/mol. The summed E-state index contributed by atoms with van der Waals surface area (Å²) in [5.74, 6) is 0.407. The number of ether oxygens (including phenoxy) is 1. The monoisotopic (exact) mass is 250 g/mol. The van der Waals surface area contributed by atoms with Crippen molar-refractivity contribution < 1.29 is 9.53 Å². The number of carbonyl (C=O) groups is 1. The molecule has 0 saturated heterocycles. The lowest BCUT2D eigenvalue weighted by Gasteiger charge is -2.07. The van der Waals surface area contributed by atoms with Crippen molar-refractivity contribution in [1.82, 2.24) is 14.8 Å². The first-order valence-electron chi connectivity index (χ1n) is 4.89. The highest BCUT2D eigenvalue weighted by Gasteiger charge is 2.07. The number of para-hydroxylation sites is 1. The van der Waals surface area contributed by atoms with E-state index in [1.807, 2.05) is 31.2 Å². The van der Waals surface area contributed by atoms with Gasteiger partial charge in [0.1, 0.15) is 5.75 Å². The highest BCUT2D eigenvalue weighted by Crippen LogP contribution is 2.16. The Bertz CT molecular complexity index is 501. The fraction of sp³-hybridized carbons (Fsp3) is 0.200. The number of hydrogen-bond donors (Lipinski definition) is 1. The highest BCUT2D eigenvalue weighted by atomic mass is 32.1. The molecule has 0 fully saturated rings. The fourth-order valence-electron chi connectivity index (χ4n) is 1.20. The lowest BCUT2D eigenvalue weighted by molar-refractivity contribution is -0.118. The van der Waals surface area contributed by atoms with Gasteiger partial charge in [-0.2, -0.15) is 0 Å². The number of carbonyl (C=O) groups excluding carboxylic acids is 1. The molecule has 1 aromatic heterocycles. The molecule has 6 nitrogen and oxygen atoms in total. The van der Waals surface area contributed by atoms with Crippen molar-refractivity contribution in [2.24, 2.45) is 0 Å². The molecule has 0 radical (unpaired) electrons. The molecule has 2 rings (SSSR count). The SMILES string of the molecule is Cc1ccccc1OCC(=O)Nc1nnns1. The maximum absolute atomic E-state index is 11.5. The number of benzene rings is 1. The van der Waals surface area contributed by atoms with E-state index in [1.165, 1.54) is 0 Å². The van der Waals surface area contributed by atoms with Crippen molar-refractivity contribution in [3.63, 3.8) is 0 Å². The Hall–Kier alpha value is -2.02. The van der Waals surface area contributed by atoms with E-state index in [2.05, 4.69) is 20.1 Å². The number of nitrogens with one attached hydrogen (secondary N) is 1. The molecule has 0 atom stereocenters. The number of anilines is 1. The first-order valence-corrected chi connectivity index (χ1v) is 5.66. The van der Waals surface area contributed by atoms with Crippen molar-refractivity contribution >= 4 is 22.6 Å². The van der Waals surface area contributed by atoms with Crippen molar-refractivity contribution in [3.05, 3.63) is 29.8 Å². The summed E-state index contributed by atoms with van der Waals surface area (Å²) in [5.41, 5.74) is 0.984. The number of aromatic nitrogens is 3. The van der Waals surface area contributed by atoms with Crippen LogP contribution in [0.1, 0.15) is 5.56 Å². The van der Waals surface area contributed by atoms with Gasteiger partial charge in [0.2, 0.25) is 5.13 Å². The molecule has 1 aromatic carbocycles. The Balaban J connectivity index is 1.86. The topological polar surface area (TPSA) is 77.0 Å². The van der Waals surface area contributed by atoms with Crippen LogP contribution in [0.25, 0.3) is 0 Å². The van der Waals surface area contributed by atoms with Gasteiger partial charge in [0.05, 0.1) is 0 Å². The van der Waals surface area contributed by atoms with Crippen molar-refractivity contribution in [2.75, 3.05) is 11.9 Å². The molecule has 0 aliphatic carbocycles. The number of amides is 1. The summed E-state index contributed by atoms with van der Waals surface area (Å²) in [6.07, 6.45) is 0. The zero-order valence-electron chi connectivity index (χ0n) is 9.08. The molecule has 0 unspecified atom stereocenters. The van der Waals surface area contributed by atoms with Crippen LogP contribution in [0.5, 0.6) is 5.75 Å². The Morgan fingerprint density at radius 2 is 2.29 bits per heavy atom. The van der Waals surface area contributed by atoms with E-state index < -0.39 is 0 Å². The van der Waals surface area contributed by atoms with Crippen molar-refractivity contribution in [1.29, 1.82) is 0 Å². The second kappa shape index (κ2) is 5.35. The lowest BCUT2D eigenvalue weighted by Crippen LogP contribution is -2.20. The molecular weight excluding hydrogens is 240 g/mol. The van der Waals surface area contributed by atoms with Crippen molar-refractivity contribution in [2.45, 2.75) is 6.92 Å². The van der Waals surface area contributed by atoms with Gasteiger partial charge in [0.25, 0.3) is 5.91 Å². The Labute approximate surface area is 102 Å². The highest BCUT2D eigenvalue weighted by molar-refractivity contribution is 7.09. The van der Waals surface area contributed by atoms with E-state index in [1.54, 1.807) is 0 Å². The number of rotatable bonds is 4. The summed E-state index contributed by atoms with van der Waals surface area (Å²) in [5, 5.41) is 9.86. The maximum Gasteiger partial charge on any atom is 0.264 e. The van der Waals surface area contributed by atoms with Gasteiger partial charge in [-0.15, -0.1) is 0 Å². The van der Waals surface area contributed by atoms with Crippen LogP contribution in [0.15, 0.2) is 24.3 Å². The third-order valence-electron chi connectivity index (χ3n) is 2.00. The Kier molecular flexibility index (Phi) is 3.61. The summed E-state index contributed by atoms with van der Waals surface area (Å²) < 4.78 is 8.90. The summed E-state index contributed by atoms with van der Waals surface area (Å²) >= 11 is 1.02. The predicted octanol–water partition coefficient (Wildman–Crippen LogP) is 1.26. The van der Waals surface area contributed by atoms with Gasteiger partial charge >= 0.3 is 0 Å². The average molecular weight is 250 g/mol. The van der Waals surface area contributed by atoms with Crippen LogP contribution in [0.2, 0.25) is 0 Å². The smallest absolute Gasteiger partial charge is 0.264 e. The van der Waals surface area contributed by atoms with Gasteiger partial charge < -0.3 is 4.74 Å². The van der Waals surface area contributed by atoms with Crippen LogP contribution < -0.4 is 10.1 Å². The first kappa shape index (κ1) is 11.5. The molecule has 1 amide bonds. The van der Waals surface area contributed by atoms with Crippen LogP contribution in [0.3, 0.4) is 0 Å². The van der Waals surface area contributed by atoms with Gasteiger partial charge in [-0.25, -0.2) is 0 Å². The minimum absolute atomic E-state index is 0.0650. The normalized spacial score (nSPS) is 9.94. The molecule has 88 valence electrons. The number of hydrogen-bond acceptors (Lipinski definition) is 6. The van der Waals surface area contributed by atoms with E-state index in [9.17, 15) is 4.79 Å². The van der Waals surface area contributed by atoms with E-state index >= 15 is 0 Å². The minimum Gasteiger partial charge on any atom is -0.483 e. The minimum atomic E-state index is -0.285. The second-order valence-electron chi connectivity index (χ2n) is 3.27. The molecular formula is C10H10N4O2S. The standard InChI is InChI=1S/C10H10N4O2S/c1-7-4-2-3-5-8(7)16-6-9(15)11-10-12-13-14-17-10/h2-5H,6H2,1H3,(H,11,12,14,15). The number of nitrogens with zero attached hydrogens (tertiary/aromatic N) is 3. The zero-order valence-corrected chi connectivity index (χ0v) is 9.90. The molecule has 0 spiro atoms. The molecule has 1 heterocycles. The van der Waals surface area contributed by atoms with Gasteiger partial charge in [-0.05, 0) is 23.8 Å². The zero-order chi connectivity index (χ0) is 12.1. The van der Waals surface area contributed by atoms with Crippen LogP contribution in [-0.2, 0) is 4.79 Å². The molecule has 0 aliphatic rings. The van der Waals surface area contributed by atoms with Crippen LogP contribution >= 0.6 is 11.5 Å². The van der Waals surface area contributed by atoms with Gasteiger partial charge in [0, 0.05) is 11.5 Å². The lowest BCUT2D eigenvalue weighted by atomic mass is 10.2. The summed E-state index contributed by atoms with van der Waals surface area (Å²) in [4.78, 5) is 11.5. The molecule has 1 N–H and O–H groups in total. The quantitative estimate of drug-likeness (QED) is 0.883. The third kappa shape index (κ3) is 3.22. The first-order chi connectivity index (χ1) is 8.25. The van der Waals surface area contributed by atoms with Gasteiger partial charge in [0.15, 0.2) is 6.61 Å². The summed E-state index contributed by atoms with van der Waals surface area (Å²) in [6, 6.07) is 7.50. The maximum atomic E-state index is 11.5. The van der Waals surface area contributed by atoms with E-state index in [-0.39, 0.29) is 12.5 Å². The summed E-state index contributed by atoms with van der Waals surface area (Å²) in [7, 11) is 0. The van der Waals surface area contributed by atoms with E-state index in [0.717, 1.165) is 17.1 Å². The van der Waals surface area contributed by atoms with Gasteiger partial charge in [-0.3, -0.25) is 10.1 Å². The molecule has 2 aromatic rings. The second-order valence-corrected chi connectivity index (χ2v) is 4.00. The van der Waals surface area contributed by atoms with Crippen molar-refractivity contribution in [3.8, 4) is 5.75 Å². The molecule has 17 heavy (non-hydrogen) atoms. The average Bonchev–Trinajstić information content (AvgIpc) is 2.81. The molecule has 0 bridgehead atoms. The molecule has 7 heteroatoms. The third-order valence-corrected chi connectivity index (χ3v) is 2.51. The molecule has 0 saturated carbocycles. The number of aryl methyl sites for hydroxylation is 1. The largest absolute Gasteiger partial charge is 0.483 e. The van der Waals surface area contributed by atoms with Gasteiger partial charge in [-0.1, -0.05) is 27.8 Å². The van der Waals surface area contributed by atoms with Crippen LogP contribution in [0.4, 0.5) is 5.13 Å². The van der Waals surface area contributed by atoms with E-state index in [0.29, 0.717) is 10.9 Å². The van der Waals surface area contributed by atoms with E-state index in [4.69, 9.17) is 4.74 Å².